The average molecular weight is 560 g/mol. The molecule has 1 saturated heterocycles. The molecule has 5 aromatic rings. The third kappa shape index (κ3) is 4.54. The van der Waals surface area contributed by atoms with Crippen molar-refractivity contribution >= 4 is 39.6 Å². The zero-order chi connectivity index (χ0) is 27.4. The number of hydrogen-bond donors (Lipinski definition) is 1. The Bertz CT molecular complexity index is 1780. The Morgan fingerprint density at radius 3 is 2.73 bits per heavy atom. The number of carboxylic acids is 1. The number of carboxylic acid groups (broad SMARTS) is 1. The van der Waals surface area contributed by atoms with E-state index in [-0.39, 0.29) is 17.5 Å². The minimum Gasteiger partial charge on any atom is -0.478 e. The molecule has 0 aliphatic carbocycles. The molecular weight excluding hydrogens is 533 g/mol. The van der Waals surface area contributed by atoms with Gasteiger partial charge in [-0.2, -0.15) is 0 Å². The Labute approximate surface area is 234 Å². The van der Waals surface area contributed by atoms with Gasteiger partial charge in [-0.25, -0.2) is 19.2 Å². The Balaban J connectivity index is 1.18. The average Bonchev–Trinajstić information content (AvgIpc) is 3.45. The van der Waals surface area contributed by atoms with Gasteiger partial charge in [-0.3, -0.25) is 4.90 Å². The van der Waals surface area contributed by atoms with Crippen molar-refractivity contribution in [1.29, 1.82) is 0 Å². The molecule has 0 unspecified atom stereocenters. The Morgan fingerprint density at radius 1 is 1.07 bits per heavy atom. The molecule has 7 rings (SSSR count). The van der Waals surface area contributed by atoms with Gasteiger partial charge in [0, 0.05) is 31.1 Å². The molecule has 8 nitrogen and oxygen atoms in total. The second-order valence-corrected chi connectivity index (χ2v) is 11.0. The maximum atomic E-state index is 14.6. The van der Waals surface area contributed by atoms with Gasteiger partial charge in [0.1, 0.15) is 17.5 Å². The molecule has 204 valence electrons. The fourth-order valence-corrected chi connectivity index (χ4v) is 5.96. The lowest BCUT2D eigenvalue weighted by molar-refractivity contribution is -0.0592. The van der Waals surface area contributed by atoms with E-state index in [4.69, 9.17) is 26.3 Å². The minimum atomic E-state index is -0.954. The molecule has 2 aromatic heterocycles. The summed E-state index contributed by atoms with van der Waals surface area (Å²) >= 11 is 5.96. The Morgan fingerprint density at radius 2 is 1.95 bits per heavy atom. The van der Waals surface area contributed by atoms with Crippen LogP contribution >= 0.6 is 11.6 Å². The third-order valence-electron chi connectivity index (χ3n) is 7.95. The van der Waals surface area contributed by atoms with Crippen LogP contribution in [0.25, 0.3) is 22.1 Å². The van der Waals surface area contributed by atoms with Crippen molar-refractivity contribution in [2.45, 2.75) is 45.1 Å². The molecule has 0 saturated carbocycles. The molecule has 4 heterocycles. The van der Waals surface area contributed by atoms with Crippen LogP contribution in [0.4, 0.5) is 4.39 Å². The van der Waals surface area contributed by atoms with Crippen LogP contribution in [0.3, 0.4) is 0 Å². The maximum absolute atomic E-state index is 14.6. The first-order chi connectivity index (χ1) is 19.4. The molecule has 10 heteroatoms. The van der Waals surface area contributed by atoms with E-state index in [0.717, 1.165) is 65.4 Å². The first kappa shape index (κ1) is 25.2. The molecule has 2 aliphatic heterocycles. The summed E-state index contributed by atoms with van der Waals surface area (Å²) in [5, 5.41) is 9.91. The monoisotopic (exact) mass is 559 g/mol. The lowest BCUT2D eigenvalue weighted by atomic mass is 10.0. The van der Waals surface area contributed by atoms with Gasteiger partial charge >= 0.3 is 5.97 Å². The maximum Gasteiger partial charge on any atom is 0.335 e. The molecule has 1 fully saturated rings. The largest absolute Gasteiger partial charge is 0.478 e. The number of aromatic nitrogens is 4. The molecule has 0 spiro atoms. The molecule has 2 aliphatic rings. The lowest BCUT2D eigenvalue weighted by Gasteiger charge is -2.30. The van der Waals surface area contributed by atoms with Crippen molar-refractivity contribution in [2.75, 3.05) is 13.2 Å². The van der Waals surface area contributed by atoms with Crippen molar-refractivity contribution in [3.05, 3.63) is 93.8 Å². The zero-order valence-electron chi connectivity index (χ0n) is 21.7. The van der Waals surface area contributed by atoms with Crippen molar-refractivity contribution in [1.82, 2.24) is 24.0 Å². The van der Waals surface area contributed by atoms with Gasteiger partial charge in [-0.15, -0.1) is 0 Å². The second kappa shape index (κ2) is 9.99. The first-order valence-corrected chi connectivity index (χ1v) is 13.8. The van der Waals surface area contributed by atoms with Crippen LogP contribution in [0.2, 0.25) is 5.02 Å². The predicted molar refractivity (Wildman–Crippen MR) is 149 cm³/mol. The summed E-state index contributed by atoms with van der Waals surface area (Å²) in [6, 6.07) is 15.9. The first-order valence-electron chi connectivity index (χ1n) is 13.4. The quantitative estimate of drug-likeness (QED) is 0.292. The van der Waals surface area contributed by atoms with Gasteiger partial charge in [0.05, 0.1) is 53.4 Å². The SMILES string of the molecule is O=C(O)c1ccc2nc(CN3CCn4c(nc5cccc(Cc6ccc(Cl)cc6F)c54)C3)n(C[C@@H]3CCO3)c2c1. The summed E-state index contributed by atoms with van der Waals surface area (Å²) in [6.45, 7) is 4.20. The van der Waals surface area contributed by atoms with Crippen molar-refractivity contribution in [3.63, 3.8) is 0 Å². The Hall–Kier alpha value is -3.79. The van der Waals surface area contributed by atoms with E-state index in [1.165, 1.54) is 6.07 Å². The highest BCUT2D eigenvalue weighted by Crippen LogP contribution is 2.29. The van der Waals surface area contributed by atoms with Gasteiger partial charge in [0.15, 0.2) is 0 Å². The summed E-state index contributed by atoms with van der Waals surface area (Å²) < 4.78 is 24.6. The fourth-order valence-electron chi connectivity index (χ4n) is 5.80. The summed E-state index contributed by atoms with van der Waals surface area (Å²) in [5.41, 5.74) is 5.42. The normalized spacial score (nSPS) is 17.3. The van der Waals surface area contributed by atoms with Gasteiger partial charge in [-0.05, 0) is 53.9 Å². The number of rotatable bonds is 7. The number of benzene rings is 3. The van der Waals surface area contributed by atoms with Crippen molar-refractivity contribution in [3.8, 4) is 0 Å². The number of fused-ring (bicyclic) bond motifs is 4. The third-order valence-corrected chi connectivity index (χ3v) is 8.18. The number of ether oxygens (including phenoxy) is 1. The molecule has 1 N–H and O–H groups in total. The standard InChI is InChI=1S/C30H27ClFN5O3/c31-21-6-4-18(23(32)14-21)12-19-2-1-3-25-29(19)36-10-9-35(16-27(36)34-25)17-28-33-24-7-5-20(30(38)39)13-26(24)37(28)15-22-8-11-40-22/h1-7,13-14,22H,8-12,15-17H2,(H,38,39)/t22-/m0/s1. The summed E-state index contributed by atoms with van der Waals surface area (Å²) in [6.07, 6.45) is 1.55. The van der Waals surface area contributed by atoms with Crippen LogP contribution in [-0.2, 0) is 37.3 Å². The van der Waals surface area contributed by atoms with E-state index < -0.39 is 5.97 Å². The number of nitrogens with zero attached hydrogens (tertiary/aromatic N) is 5. The van der Waals surface area contributed by atoms with Crippen LogP contribution in [-0.4, -0.2) is 54.3 Å². The molecular formula is C30H27ClFN5O3. The van der Waals surface area contributed by atoms with Crippen LogP contribution in [0.15, 0.2) is 54.6 Å². The van der Waals surface area contributed by atoms with E-state index in [0.29, 0.717) is 36.6 Å². The van der Waals surface area contributed by atoms with Crippen LogP contribution in [0, 0.1) is 5.82 Å². The summed E-state index contributed by atoms with van der Waals surface area (Å²) in [5.74, 6) is 0.587. The molecule has 0 bridgehead atoms. The summed E-state index contributed by atoms with van der Waals surface area (Å²) in [4.78, 5) is 23.8. The van der Waals surface area contributed by atoms with E-state index in [2.05, 4.69) is 14.0 Å². The van der Waals surface area contributed by atoms with Crippen LogP contribution in [0.5, 0.6) is 0 Å². The van der Waals surface area contributed by atoms with Gasteiger partial charge in [-0.1, -0.05) is 29.8 Å². The van der Waals surface area contributed by atoms with Crippen molar-refractivity contribution < 1.29 is 19.0 Å². The number of imidazole rings is 2. The molecule has 40 heavy (non-hydrogen) atoms. The summed E-state index contributed by atoms with van der Waals surface area (Å²) in [7, 11) is 0. The van der Waals surface area contributed by atoms with E-state index in [9.17, 15) is 14.3 Å². The second-order valence-electron chi connectivity index (χ2n) is 10.5. The minimum absolute atomic E-state index is 0.110. The number of halogens is 2. The highest BCUT2D eigenvalue weighted by atomic mass is 35.5. The Kier molecular flexibility index (Phi) is 6.30. The van der Waals surface area contributed by atoms with Gasteiger partial charge in [0.2, 0.25) is 0 Å². The molecule has 0 radical (unpaired) electrons. The zero-order valence-corrected chi connectivity index (χ0v) is 22.4. The highest BCUT2D eigenvalue weighted by Gasteiger charge is 2.26. The highest BCUT2D eigenvalue weighted by molar-refractivity contribution is 6.30. The van der Waals surface area contributed by atoms with Gasteiger partial charge < -0.3 is 19.0 Å². The van der Waals surface area contributed by atoms with Crippen LogP contribution in [0.1, 0.15) is 39.6 Å². The van der Waals surface area contributed by atoms with E-state index in [1.54, 1.807) is 30.3 Å². The van der Waals surface area contributed by atoms with Crippen molar-refractivity contribution in [2.24, 2.45) is 0 Å². The predicted octanol–water partition coefficient (Wildman–Crippen LogP) is 5.27. The number of aromatic carboxylic acids is 1. The topological polar surface area (TPSA) is 85.4 Å². The number of hydrogen-bond acceptors (Lipinski definition) is 5. The van der Waals surface area contributed by atoms with E-state index in [1.807, 2.05) is 18.2 Å². The smallest absolute Gasteiger partial charge is 0.335 e. The lowest BCUT2D eigenvalue weighted by Crippen LogP contribution is -2.35. The number of para-hydroxylation sites is 1. The molecule has 0 amide bonds. The fraction of sp³-hybridized carbons (Fsp3) is 0.300. The number of carbonyl (C=O) groups is 1. The molecule has 3 aromatic carbocycles. The van der Waals surface area contributed by atoms with Crippen LogP contribution < -0.4 is 0 Å². The molecule has 1 atom stereocenters. The van der Waals surface area contributed by atoms with E-state index >= 15 is 0 Å². The van der Waals surface area contributed by atoms with Gasteiger partial charge in [0.25, 0.3) is 0 Å².